The van der Waals surface area contributed by atoms with Gasteiger partial charge in [0.15, 0.2) is 0 Å². The van der Waals surface area contributed by atoms with Gasteiger partial charge in [-0.3, -0.25) is 0 Å². The summed E-state index contributed by atoms with van der Waals surface area (Å²) in [6, 6.07) is 0. The van der Waals surface area contributed by atoms with Crippen molar-refractivity contribution in [1.29, 1.82) is 0 Å². The molecular formula is C23H48O10S. The van der Waals surface area contributed by atoms with Crippen molar-refractivity contribution < 1.29 is 47.7 Å². The maximum Gasteiger partial charge on any atom is 0.106 e. The monoisotopic (exact) mass is 516 g/mol. The number of hydrogen-bond donors (Lipinski definition) is 1. The fourth-order valence-electron chi connectivity index (χ4n) is 2.49. The molecule has 0 amide bonds. The minimum atomic E-state index is 0.405. The average Bonchev–Trinajstić information content (AvgIpc) is 2.85. The van der Waals surface area contributed by atoms with E-state index in [-0.39, 0.29) is 0 Å². The second-order valence-electron chi connectivity index (χ2n) is 7.03. The van der Waals surface area contributed by atoms with Crippen LogP contribution in [0.2, 0.25) is 0 Å². The first-order chi connectivity index (χ1) is 16.9. The molecule has 0 aliphatic carbocycles. The molecular weight excluding hydrogens is 468 g/mol. The Balaban J connectivity index is 2.99. The highest BCUT2D eigenvalue weighted by molar-refractivity contribution is 7.80. The van der Waals surface area contributed by atoms with Crippen LogP contribution in [0, 0.1) is 0 Å². The molecule has 0 saturated heterocycles. The third-order valence-electron chi connectivity index (χ3n) is 4.23. The molecule has 0 unspecified atom stereocenters. The largest absolute Gasteiger partial charge is 0.379 e. The van der Waals surface area contributed by atoms with Crippen molar-refractivity contribution in [2.45, 2.75) is 25.7 Å². The Hall–Kier alpha value is -0.0500. The lowest BCUT2D eigenvalue weighted by Gasteiger charge is -2.08. The van der Waals surface area contributed by atoms with Gasteiger partial charge in [0.25, 0.3) is 0 Å². The van der Waals surface area contributed by atoms with Crippen LogP contribution in [-0.2, 0) is 47.7 Å². The van der Waals surface area contributed by atoms with Crippen molar-refractivity contribution in [2.75, 3.05) is 125 Å². The summed E-state index contributed by atoms with van der Waals surface area (Å²) < 4.78 is 43.4. The van der Waals surface area contributed by atoms with Gasteiger partial charge in [-0.15, -0.1) is 0 Å². The van der Waals surface area contributed by atoms with Crippen molar-refractivity contribution in [2.24, 2.45) is 0 Å². The van der Waals surface area contributed by atoms with Gasteiger partial charge in [0.1, 0.15) is 6.61 Å². The number of unbranched alkanes of at least 4 members (excludes halogenated alkanes) is 3. The molecule has 0 bridgehead atoms. The molecule has 0 heterocycles. The van der Waals surface area contributed by atoms with E-state index >= 15 is 0 Å². The average molecular weight is 517 g/mol. The van der Waals surface area contributed by atoms with Crippen LogP contribution in [0.4, 0.5) is 0 Å². The van der Waals surface area contributed by atoms with E-state index in [1.165, 1.54) is 26.4 Å². The molecule has 206 valence electrons. The first-order valence-corrected chi connectivity index (χ1v) is 12.9. The fraction of sp³-hybridized carbons (Fsp3) is 1.00. The smallest absolute Gasteiger partial charge is 0.106 e. The molecule has 0 aliphatic rings. The number of ether oxygens (including phenoxy) is 8. The van der Waals surface area contributed by atoms with E-state index in [0.29, 0.717) is 106 Å². The summed E-state index contributed by atoms with van der Waals surface area (Å²) in [5, 5.41) is 0. The third-order valence-corrected chi connectivity index (χ3v) is 4.55. The maximum atomic E-state index is 5.52. The summed E-state index contributed by atoms with van der Waals surface area (Å²) in [5.74, 6) is 0.969. The molecule has 0 aromatic carbocycles. The summed E-state index contributed by atoms with van der Waals surface area (Å²) in [7, 11) is 1.46. The van der Waals surface area contributed by atoms with E-state index in [0.717, 1.165) is 18.8 Å². The Morgan fingerprint density at radius 3 is 0.971 bits per heavy atom. The summed E-state index contributed by atoms with van der Waals surface area (Å²) in [5.41, 5.74) is 0. The lowest BCUT2D eigenvalue weighted by molar-refractivity contribution is -0.277. The van der Waals surface area contributed by atoms with Crippen LogP contribution < -0.4 is 0 Å². The summed E-state index contributed by atoms with van der Waals surface area (Å²) in [6.45, 7) is 9.33. The summed E-state index contributed by atoms with van der Waals surface area (Å²) in [4.78, 5) is 9.12. The first-order valence-electron chi connectivity index (χ1n) is 12.3. The molecule has 0 aliphatic heterocycles. The Labute approximate surface area is 211 Å². The number of rotatable bonds is 31. The lowest BCUT2D eigenvalue weighted by atomic mass is 10.2. The predicted octanol–water partition coefficient (Wildman–Crippen LogP) is 2.19. The molecule has 0 aromatic rings. The molecule has 0 spiro atoms. The van der Waals surface area contributed by atoms with Crippen LogP contribution in [0.25, 0.3) is 0 Å². The maximum absolute atomic E-state index is 5.52. The van der Waals surface area contributed by atoms with Crippen LogP contribution in [0.3, 0.4) is 0 Å². The highest BCUT2D eigenvalue weighted by atomic mass is 32.1. The molecule has 0 N–H and O–H groups in total. The topological polar surface area (TPSA) is 92.3 Å². The number of hydrogen-bond acceptors (Lipinski definition) is 11. The second-order valence-corrected chi connectivity index (χ2v) is 7.47. The van der Waals surface area contributed by atoms with Gasteiger partial charge in [-0.25, -0.2) is 9.78 Å². The molecule has 0 fully saturated rings. The second kappa shape index (κ2) is 33.0. The molecule has 11 heteroatoms. The molecule has 10 nitrogen and oxygen atoms in total. The first kappa shape index (κ1) is 34.0. The zero-order valence-electron chi connectivity index (χ0n) is 21.1. The molecule has 0 radical (unpaired) electrons. The highest BCUT2D eigenvalue weighted by Gasteiger charge is 1.95. The standard InChI is InChI=1S/C23H48O10S/c1-24-33-22-21-32-20-19-31-18-17-30-16-15-29-14-13-28-12-11-27-10-9-26-8-7-25-6-4-2-3-5-23-34/h34H,2-23H2,1H3. The SMILES string of the molecule is COOCCOCCOCCOCCOCCOCCOCCOCCOCCCCCCS. The van der Waals surface area contributed by atoms with E-state index < -0.39 is 0 Å². The van der Waals surface area contributed by atoms with Gasteiger partial charge in [0, 0.05) is 6.61 Å². The van der Waals surface area contributed by atoms with Crippen LogP contribution >= 0.6 is 12.6 Å². The minimum Gasteiger partial charge on any atom is -0.379 e. The van der Waals surface area contributed by atoms with E-state index in [1.54, 1.807) is 0 Å². The Morgan fingerprint density at radius 2 is 0.647 bits per heavy atom. The van der Waals surface area contributed by atoms with Crippen molar-refractivity contribution in [3.8, 4) is 0 Å². The highest BCUT2D eigenvalue weighted by Crippen LogP contribution is 2.00. The minimum absolute atomic E-state index is 0.405. The van der Waals surface area contributed by atoms with Crippen LogP contribution in [0.1, 0.15) is 25.7 Å². The normalized spacial score (nSPS) is 11.5. The Morgan fingerprint density at radius 1 is 0.353 bits per heavy atom. The van der Waals surface area contributed by atoms with Gasteiger partial charge >= 0.3 is 0 Å². The third kappa shape index (κ3) is 32.0. The fourth-order valence-corrected chi connectivity index (χ4v) is 2.71. The van der Waals surface area contributed by atoms with E-state index in [1.807, 2.05) is 0 Å². The Bertz CT molecular complexity index is 324. The van der Waals surface area contributed by atoms with E-state index in [4.69, 9.17) is 37.9 Å². The van der Waals surface area contributed by atoms with Gasteiger partial charge in [0.2, 0.25) is 0 Å². The summed E-state index contributed by atoms with van der Waals surface area (Å²) in [6.07, 6.45) is 4.73. The number of thiol groups is 1. The van der Waals surface area contributed by atoms with E-state index in [9.17, 15) is 0 Å². The van der Waals surface area contributed by atoms with Gasteiger partial charge in [-0.05, 0) is 18.6 Å². The van der Waals surface area contributed by atoms with Crippen molar-refractivity contribution in [1.82, 2.24) is 0 Å². The van der Waals surface area contributed by atoms with Gasteiger partial charge in [0.05, 0.1) is 106 Å². The van der Waals surface area contributed by atoms with E-state index in [2.05, 4.69) is 22.4 Å². The predicted molar refractivity (Wildman–Crippen MR) is 132 cm³/mol. The molecule has 0 aromatic heterocycles. The quantitative estimate of drug-likeness (QED) is 0.0640. The lowest BCUT2D eigenvalue weighted by Crippen LogP contribution is -2.15. The van der Waals surface area contributed by atoms with Crippen LogP contribution in [-0.4, -0.2) is 125 Å². The van der Waals surface area contributed by atoms with Crippen molar-refractivity contribution in [3.63, 3.8) is 0 Å². The molecule has 0 atom stereocenters. The molecule has 0 saturated carbocycles. The zero-order valence-corrected chi connectivity index (χ0v) is 22.0. The van der Waals surface area contributed by atoms with Crippen molar-refractivity contribution in [3.05, 3.63) is 0 Å². The van der Waals surface area contributed by atoms with Gasteiger partial charge in [-0.2, -0.15) is 12.6 Å². The summed E-state index contributed by atoms with van der Waals surface area (Å²) >= 11 is 4.20. The zero-order chi connectivity index (χ0) is 24.6. The van der Waals surface area contributed by atoms with Crippen molar-refractivity contribution >= 4 is 12.6 Å². The van der Waals surface area contributed by atoms with Crippen LogP contribution in [0.15, 0.2) is 0 Å². The molecule has 34 heavy (non-hydrogen) atoms. The van der Waals surface area contributed by atoms with Crippen LogP contribution in [0.5, 0.6) is 0 Å². The van der Waals surface area contributed by atoms with Gasteiger partial charge in [-0.1, -0.05) is 12.8 Å². The van der Waals surface area contributed by atoms with Gasteiger partial charge < -0.3 is 37.9 Å². The molecule has 0 rings (SSSR count). The Kier molecular flexibility index (Phi) is 32.9.